The van der Waals surface area contributed by atoms with E-state index in [9.17, 15) is 4.79 Å². The van der Waals surface area contributed by atoms with Crippen LogP contribution in [0.25, 0.3) is 0 Å². The standard InChI is InChI=1S/C13H26N2OS/c1-17-11-7-3-2-6-10-14-13(16)15-12-8-4-5-9-12/h12H,2-11H2,1H3,(H2,14,15,16). The second-order valence-corrected chi connectivity index (χ2v) is 5.77. The number of hydrogen-bond donors (Lipinski definition) is 2. The summed E-state index contributed by atoms with van der Waals surface area (Å²) >= 11 is 1.91. The lowest BCUT2D eigenvalue weighted by molar-refractivity contribution is 0.237. The molecule has 0 aromatic rings. The van der Waals surface area contributed by atoms with Gasteiger partial charge >= 0.3 is 6.03 Å². The lowest BCUT2D eigenvalue weighted by Gasteiger charge is -2.12. The van der Waals surface area contributed by atoms with Crippen LogP contribution in [0, 0.1) is 0 Å². The van der Waals surface area contributed by atoms with Crippen molar-refractivity contribution in [2.45, 2.75) is 57.4 Å². The number of hydrogen-bond acceptors (Lipinski definition) is 2. The molecular weight excluding hydrogens is 232 g/mol. The summed E-state index contributed by atoms with van der Waals surface area (Å²) in [6.07, 6.45) is 11.9. The molecule has 100 valence electrons. The van der Waals surface area contributed by atoms with Crippen molar-refractivity contribution in [2.75, 3.05) is 18.6 Å². The monoisotopic (exact) mass is 258 g/mol. The van der Waals surface area contributed by atoms with Gasteiger partial charge in [0, 0.05) is 12.6 Å². The highest BCUT2D eigenvalue weighted by atomic mass is 32.2. The zero-order valence-electron chi connectivity index (χ0n) is 11.0. The first-order valence-corrected chi connectivity index (χ1v) is 8.25. The molecule has 0 aliphatic heterocycles. The van der Waals surface area contributed by atoms with Gasteiger partial charge in [0.15, 0.2) is 0 Å². The number of urea groups is 1. The Labute approximate surface area is 109 Å². The molecule has 2 N–H and O–H groups in total. The molecule has 1 fully saturated rings. The summed E-state index contributed by atoms with van der Waals surface area (Å²) in [6.45, 7) is 0.817. The van der Waals surface area contributed by atoms with Gasteiger partial charge in [-0.15, -0.1) is 0 Å². The van der Waals surface area contributed by atoms with E-state index in [-0.39, 0.29) is 6.03 Å². The van der Waals surface area contributed by atoms with Crippen LogP contribution in [0.3, 0.4) is 0 Å². The zero-order valence-corrected chi connectivity index (χ0v) is 11.8. The minimum atomic E-state index is 0.0287. The van der Waals surface area contributed by atoms with Crippen LogP contribution in [0.4, 0.5) is 4.79 Å². The topological polar surface area (TPSA) is 41.1 Å². The maximum Gasteiger partial charge on any atom is 0.315 e. The van der Waals surface area contributed by atoms with Crippen LogP contribution in [-0.2, 0) is 0 Å². The van der Waals surface area contributed by atoms with Gasteiger partial charge in [0.1, 0.15) is 0 Å². The number of carbonyl (C=O) groups excluding carboxylic acids is 1. The lowest BCUT2D eigenvalue weighted by Crippen LogP contribution is -2.41. The highest BCUT2D eigenvalue weighted by Gasteiger charge is 2.16. The van der Waals surface area contributed by atoms with Crippen molar-refractivity contribution in [2.24, 2.45) is 0 Å². The lowest BCUT2D eigenvalue weighted by atomic mass is 10.2. The Balaban J connectivity index is 1.86. The average Bonchev–Trinajstić information content (AvgIpc) is 2.80. The molecule has 3 nitrogen and oxygen atoms in total. The predicted molar refractivity (Wildman–Crippen MR) is 75.6 cm³/mol. The SMILES string of the molecule is CSCCCCCCNC(=O)NC1CCCC1. The quantitative estimate of drug-likeness (QED) is 0.657. The zero-order chi connectivity index (χ0) is 12.3. The molecule has 0 bridgehead atoms. The van der Waals surface area contributed by atoms with Crippen LogP contribution in [-0.4, -0.2) is 30.6 Å². The van der Waals surface area contributed by atoms with E-state index in [2.05, 4.69) is 16.9 Å². The van der Waals surface area contributed by atoms with Gasteiger partial charge < -0.3 is 10.6 Å². The van der Waals surface area contributed by atoms with Gasteiger partial charge in [-0.2, -0.15) is 11.8 Å². The summed E-state index contributed by atoms with van der Waals surface area (Å²) in [7, 11) is 0. The molecule has 1 aliphatic rings. The van der Waals surface area contributed by atoms with E-state index in [1.807, 2.05) is 11.8 Å². The fourth-order valence-corrected chi connectivity index (χ4v) is 2.73. The first kappa shape index (κ1) is 14.7. The van der Waals surface area contributed by atoms with Gasteiger partial charge in [-0.25, -0.2) is 4.79 Å². The summed E-state index contributed by atoms with van der Waals surface area (Å²) in [6, 6.07) is 0.456. The van der Waals surface area contributed by atoms with Crippen molar-refractivity contribution in [1.82, 2.24) is 10.6 Å². The van der Waals surface area contributed by atoms with Crippen molar-refractivity contribution in [3.05, 3.63) is 0 Å². The summed E-state index contributed by atoms with van der Waals surface area (Å²) in [4.78, 5) is 11.5. The highest BCUT2D eigenvalue weighted by Crippen LogP contribution is 2.17. The third-order valence-electron chi connectivity index (χ3n) is 3.25. The minimum Gasteiger partial charge on any atom is -0.338 e. The van der Waals surface area contributed by atoms with Crippen LogP contribution in [0.1, 0.15) is 51.4 Å². The fourth-order valence-electron chi connectivity index (χ4n) is 2.23. The maximum absolute atomic E-state index is 11.5. The Morgan fingerprint density at radius 3 is 2.59 bits per heavy atom. The molecule has 0 aromatic heterocycles. The summed E-state index contributed by atoms with van der Waals surface area (Å²) in [5, 5.41) is 5.98. The van der Waals surface area contributed by atoms with Gasteiger partial charge in [0.25, 0.3) is 0 Å². The second kappa shape index (κ2) is 9.63. The molecule has 0 radical (unpaired) electrons. The third kappa shape index (κ3) is 7.53. The smallest absolute Gasteiger partial charge is 0.315 e. The Morgan fingerprint density at radius 2 is 1.88 bits per heavy atom. The predicted octanol–water partition coefficient (Wildman–Crippen LogP) is 3.15. The first-order valence-electron chi connectivity index (χ1n) is 6.86. The number of unbranched alkanes of at least 4 members (excludes halogenated alkanes) is 3. The van der Waals surface area contributed by atoms with Crippen molar-refractivity contribution >= 4 is 17.8 Å². The van der Waals surface area contributed by atoms with E-state index < -0.39 is 0 Å². The van der Waals surface area contributed by atoms with Crippen LogP contribution in [0.5, 0.6) is 0 Å². The summed E-state index contributed by atoms with van der Waals surface area (Å²) in [5.74, 6) is 1.26. The van der Waals surface area contributed by atoms with Crippen LogP contribution in [0.15, 0.2) is 0 Å². The van der Waals surface area contributed by atoms with Crippen LogP contribution < -0.4 is 10.6 Å². The molecular formula is C13H26N2OS. The molecule has 0 aromatic carbocycles. The maximum atomic E-state index is 11.5. The molecule has 2 amide bonds. The number of amides is 2. The largest absolute Gasteiger partial charge is 0.338 e. The molecule has 0 saturated heterocycles. The van der Waals surface area contributed by atoms with Gasteiger partial charge in [-0.3, -0.25) is 0 Å². The van der Waals surface area contributed by atoms with Crippen molar-refractivity contribution < 1.29 is 4.79 Å². The second-order valence-electron chi connectivity index (χ2n) is 4.79. The number of rotatable bonds is 8. The Kier molecular flexibility index (Phi) is 8.32. The van der Waals surface area contributed by atoms with Gasteiger partial charge in [-0.1, -0.05) is 25.7 Å². The van der Waals surface area contributed by atoms with Gasteiger partial charge in [-0.05, 0) is 37.7 Å². The molecule has 1 aliphatic carbocycles. The van der Waals surface area contributed by atoms with E-state index in [1.165, 1.54) is 37.9 Å². The summed E-state index contributed by atoms with van der Waals surface area (Å²) in [5.41, 5.74) is 0. The molecule has 0 unspecified atom stereocenters. The van der Waals surface area contributed by atoms with Gasteiger partial charge in [0.2, 0.25) is 0 Å². The number of carbonyl (C=O) groups is 1. The van der Waals surface area contributed by atoms with Crippen LogP contribution in [0.2, 0.25) is 0 Å². The first-order chi connectivity index (χ1) is 8.33. The Hall–Kier alpha value is -0.380. The Morgan fingerprint density at radius 1 is 1.18 bits per heavy atom. The van der Waals surface area contributed by atoms with Crippen molar-refractivity contribution in [3.63, 3.8) is 0 Å². The van der Waals surface area contributed by atoms with E-state index in [0.29, 0.717) is 6.04 Å². The molecule has 0 heterocycles. The molecule has 4 heteroatoms. The molecule has 1 rings (SSSR count). The van der Waals surface area contributed by atoms with E-state index >= 15 is 0 Å². The molecule has 0 spiro atoms. The normalized spacial score (nSPS) is 16.1. The molecule has 17 heavy (non-hydrogen) atoms. The highest BCUT2D eigenvalue weighted by molar-refractivity contribution is 7.98. The molecule has 1 saturated carbocycles. The Bertz CT molecular complexity index is 206. The van der Waals surface area contributed by atoms with Crippen molar-refractivity contribution in [3.8, 4) is 0 Å². The average molecular weight is 258 g/mol. The third-order valence-corrected chi connectivity index (χ3v) is 3.95. The van der Waals surface area contributed by atoms with E-state index in [4.69, 9.17) is 0 Å². The summed E-state index contributed by atoms with van der Waals surface area (Å²) < 4.78 is 0. The fraction of sp³-hybridized carbons (Fsp3) is 0.923. The van der Waals surface area contributed by atoms with Crippen LogP contribution >= 0.6 is 11.8 Å². The van der Waals surface area contributed by atoms with E-state index in [0.717, 1.165) is 25.8 Å². The molecule has 0 atom stereocenters. The van der Waals surface area contributed by atoms with E-state index in [1.54, 1.807) is 0 Å². The van der Waals surface area contributed by atoms with Crippen molar-refractivity contribution in [1.29, 1.82) is 0 Å². The van der Waals surface area contributed by atoms with Gasteiger partial charge in [0.05, 0.1) is 0 Å². The number of nitrogens with one attached hydrogen (secondary N) is 2. The number of thioether (sulfide) groups is 1. The minimum absolute atomic E-state index is 0.0287.